The van der Waals surface area contributed by atoms with Gasteiger partial charge >= 0.3 is 0 Å². The van der Waals surface area contributed by atoms with Crippen LogP contribution >= 0.6 is 0 Å². The average molecular weight is 447 g/mol. The lowest BCUT2D eigenvalue weighted by Gasteiger charge is -2.15. The summed E-state index contributed by atoms with van der Waals surface area (Å²) < 4.78 is 1.56. The summed E-state index contributed by atoms with van der Waals surface area (Å²) in [5, 5.41) is 11.7. The van der Waals surface area contributed by atoms with Gasteiger partial charge in [-0.1, -0.05) is 72.8 Å². The Hall–Kier alpha value is -4.35. The van der Waals surface area contributed by atoms with Gasteiger partial charge in [0.2, 0.25) is 0 Å². The van der Waals surface area contributed by atoms with Gasteiger partial charge in [-0.3, -0.25) is 19.1 Å². The van der Waals surface area contributed by atoms with Gasteiger partial charge in [-0.25, -0.2) is 0 Å². The van der Waals surface area contributed by atoms with Crippen LogP contribution in [0.25, 0.3) is 10.9 Å². The molecule has 0 amide bonds. The van der Waals surface area contributed by atoms with Crippen LogP contribution in [0.1, 0.15) is 43.8 Å². The van der Waals surface area contributed by atoms with E-state index in [4.69, 9.17) is 0 Å². The molecule has 2 aromatic heterocycles. The van der Waals surface area contributed by atoms with Crippen molar-refractivity contribution < 1.29 is 14.7 Å². The predicted octanol–water partition coefficient (Wildman–Crippen LogP) is 5.23. The molecule has 0 saturated heterocycles. The second kappa shape index (κ2) is 9.25. The lowest BCUT2D eigenvalue weighted by molar-refractivity contribution is 0.0958. The summed E-state index contributed by atoms with van der Waals surface area (Å²) >= 11 is 0. The molecule has 2 heterocycles. The van der Waals surface area contributed by atoms with Crippen LogP contribution in [-0.2, 0) is 6.42 Å². The first-order valence-electron chi connectivity index (χ1n) is 11.1. The smallest absolute Gasteiger partial charge is 0.262 e. The molecule has 0 aliphatic carbocycles. The largest absolute Gasteiger partial charge is 0.386 e. The predicted molar refractivity (Wildman–Crippen MR) is 131 cm³/mol. The highest BCUT2D eigenvalue weighted by Gasteiger charge is 2.28. The van der Waals surface area contributed by atoms with Crippen LogP contribution in [0.15, 0.2) is 109 Å². The minimum atomic E-state index is -0.991. The van der Waals surface area contributed by atoms with Gasteiger partial charge in [0.05, 0.1) is 16.8 Å². The summed E-state index contributed by atoms with van der Waals surface area (Å²) in [4.78, 5) is 31.7. The molecule has 5 nitrogen and oxygen atoms in total. The Kier molecular flexibility index (Phi) is 5.85. The van der Waals surface area contributed by atoms with Crippen molar-refractivity contribution in [1.82, 2.24) is 9.55 Å². The van der Waals surface area contributed by atoms with Crippen molar-refractivity contribution in [2.45, 2.75) is 12.5 Å². The van der Waals surface area contributed by atoms with Crippen LogP contribution in [0.4, 0.5) is 0 Å². The highest BCUT2D eigenvalue weighted by atomic mass is 16.3. The van der Waals surface area contributed by atoms with Crippen LogP contribution in [-0.4, -0.2) is 26.3 Å². The first kappa shape index (κ1) is 21.5. The maximum Gasteiger partial charge on any atom is 0.262 e. The number of hydrogen-bond acceptors (Lipinski definition) is 4. The molecule has 1 unspecified atom stereocenters. The van der Waals surface area contributed by atoms with Gasteiger partial charge in [0.1, 0.15) is 6.10 Å². The molecule has 166 valence electrons. The summed E-state index contributed by atoms with van der Waals surface area (Å²) in [7, 11) is 0. The number of nitrogens with zero attached hydrogens (tertiary/aromatic N) is 2. The summed E-state index contributed by atoms with van der Waals surface area (Å²) in [6.45, 7) is 0. The number of carbonyl (C=O) groups is 2. The standard InChI is InChI=1S/C29H22N2O3/c32-26(23-16-9-10-18-30-23)19-25-27(28(33)20-11-3-1-4-12-20)22-15-7-8-17-24(22)31(25)29(34)21-13-5-2-6-14-21/h1-18,26,32H,19H2. The van der Waals surface area contributed by atoms with E-state index in [1.54, 1.807) is 65.4 Å². The van der Waals surface area contributed by atoms with Gasteiger partial charge in [0, 0.05) is 34.8 Å². The van der Waals surface area contributed by atoms with Crippen LogP contribution in [0, 0.1) is 0 Å². The van der Waals surface area contributed by atoms with Crippen molar-refractivity contribution in [3.63, 3.8) is 0 Å². The van der Waals surface area contributed by atoms with Gasteiger partial charge < -0.3 is 5.11 Å². The van der Waals surface area contributed by atoms with Gasteiger partial charge in [-0.2, -0.15) is 0 Å². The molecule has 1 atom stereocenters. The van der Waals surface area contributed by atoms with Crippen molar-refractivity contribution in [1.29, 1.82) is 0 Å². The third-order valence-corrected chi connectivity index (χ3v) is 5.88. The lowest BCUT2D eigenvalue weighted by atomic mass is 9.97. The first-order chi connectivity index (χ1) is 16.6. The van der Waals surface area contributed by atoms with Crippen LogP contribution < -0.4 is 0 Å². The summed E-state index contributed by atoms with van der Waals surface area (Å²) in [5.74, 6) is -0.452. The quantitative estimate of drug-likeness (QED) is 0.363. The SMILES string of the molecule is O=C(c1ccccc1)c1c(CC(O)c2ccccn2)n(C(=O)c2ccccc2)c2ccccc12. The van der Waals surface area contributed by atoms with E-state index in [0.717, 1.165) is 0 Å². The van der Waals surface area contributed by atoms with Crippen LogP contribution in [0.5, 0.6) is 0 Å². The van der Waals surface area contributed by atoms with E-state index in [1.165, 1.54) is 0 Å². The zero-order valence-corrected chi connectivity index (χ0v) is 18.3. The Balaban J connectivity index is 1.75. The van der Waals surface area contributed by atoms with Gasteiger partial charge in [-0.15, -0.1) is 0 Å². The maximum absolute atomic E-state index is 13.7. The molecule has 0 spiro atoms. The van der Waals surface area contributed by atoms with Crippen molar-refractivity contribution in [2.75, 3.05) is 0 Å². The fraction of sp³-hybridized carbons (Fsp3) is 0.0690. The highest BCUT2D eigenvalue weighted by Crippen LogP contribution is 2.32. The number of ketones is 1. The first-order valence-corrected chi connectivity index (χ1v) is 11.1. The molecular formula is C29H22N2O3. The highest BCUT2D eigenvalue weighted by molar-refractivity contribution is 6.19. The molecule has 0 fully saturated rings. The normalized spacial score (nSPS) is 11.9. The molecule has 5 heteroatoms. The number of fused-ring (bicyclic) bond motifs is 1. The van der Waals surface area contributed by atoms with Crippen LogP contribution in [0.2, 0.25) is 0 Å². The Morgan fingerprint density at radius 2 is 1.38 bits per heavy atom. The average Bonchev–Trinajstić information content (AvgIpc) is 3.22. The number of aromatic nitrogens is 2. The Bertz CT molecular complexity index is 1370. The van der Waals surface area contributed by atoms with Crippen molar-refractivity contribution in [3.05, 3.63) is 137 Å². The lowest BCUT2D eigenvalue weighted by Crippen LogP contribution is -2.19. The van der Waals surface area contributed by atoms with E-state index in [-0.39, 0.29) is 18.1 Å². The third-order valence-electron chi connectivity index (χ3n) is 5.88. The van der Waals surface area contributed by atoms with E-state index >= 15 is 0 Å². The second-order valence-electron chi connectivity index (χ2n) is 8.02. The molecular weight excluding hydrogens is 424 g/mol. The molecule has 5 rings (SSSR count). The van der Waals surface area contributed by atoms with E-state index in [1.807, 2.05) is 48.5 Å². The third kappa shape index (κ3) is 3.93. The number of carbonyl (C=O) groups excluding carboxylic acids is 2. The molecule has 0 saturated carbocycles. The van der Waals surface area contributed by atoms with E-state index < -0.39 is 6.10 Å². The zero-order valence-electron chi connectivity index (χ0n) is 18.3. The topological polar surface area (TPSA) is 72.2 Å². The van der Waals surface area contributed by atoms with E-state index in [2.05, 4.69) is 4.98 Å². The number of rotatable bonds is 6. The van der Waals surface area contributed by atoms with Gasteiger partial charge in [-0.05, 0) is 30.3 Å². The fourth-order valence-electron chi connectivity index (χ4n) is 4.28. The Morgan fingerprint density at radius 1 is 0.765 bits per heavy atom. The summed E-state index contributed by atoms with van der Waals surface area (Å²) in [6.07, 6.45) is 0.674. The molecule has 0 aliphatic rings. The van der Waals surface area contributed by atoms with Crippen molar-refractivity contribution >= 4 is 22.6 Å². The molecule has 0 aliphatic heterocycles. The van der Waals surface area contributed by atoms with E-state index in [9.17, 15) is 14.7 Å². The molecule has 1 N–H and O–H groups in total. The number of aliphatic hydroxyl groups excluding tert-OH is 1. The number of pyridine rings is 1. The molecule has 3 aromatic carbocycles. The van der Waals surface area contributed by atoms with Crippen molar-refractivity contribution in [2.24, 2.45) is 0 Å². The second-order valence-corrected chi connectivity index (χ2v) is 8.02. The zero-order chi connectivity index (χ0) is 23.5. The molecule has 5 aromatic rings. The minimum Gasteiger partial charge on any atom is -0.386 e. The molecule has 34 heavy (non-hydrogen) atoms. The number of aliphatic hydroxyl groups is 1. The number of benzene rings is 3. The summed E-state index contributed by atoms with van der Waals surface area (Å²) in [6, 6.07) is 30.6. The fourth-order valence-corrected chi connectivity index (χ4v) is 4.28. The Labute approximate surface area is 197 Å². The Morgan fingerprint density at radius 3 is 2.06 bits per heavy atom. The molecule has 0 bridgehead atoms. The number of para-hydroxylation sites is 1. The minimum absolute atomic E-state index is 0.0537. The van der Waals surface area contributed by atoms with Gasteiger partial charge in [0.15, 0.2) is 5.78 Å². The van der Waals surface area contributed by atoms with Gasteiger partial charge in [0.25, 0.3) is 5.91 Å². The summed E-state index contributed by atoms with van der Waals surface area (Å²) in [5.41, 5.74) is 2.99. The van der Waals surface area contributed by atoms with Crippen molar-refractivity contribution in [3.8, 4) is 0 Å². The van der Waals surface area contributed by atoms with Crippen LogP contribution in [0.3, 0.4) is 0 Å². The monoisotopic (exact) mass is 446 g/mol. The number of hydrogen-bond donors (Lipinski definition) is 1. The van der Waals surface area contributed by atoms with E-state index in [0.29, 0.717) is 39.0 Å². The maximum atomic E-state index is 13.7. The molecule has 0 radical (unpaired) electrons.